The minimum absolute atomic E-state index is 0.339. The minimum atomic E-state index is 0.339. The van der Waals surface area contributed by atoms with E-state index in [1.165, 1.54) is 37.1 Å². The Labute approximate surface area is 172 Å². The van der Waals surface area contributed by atoms with Gasteiger partial charge in [0.2, 0.25) is 6.79 Å². The minimum Gasteiger partial charge on any atom is -0.497 e. The van der Waals surface area contributed by atoms with Crippen molar-refractivity contribution >= 4 is 0 Å². The van der Waals surface area contributed by atoms with Gasteiger partial charge in [0.1, 0.15) is 5.75 Å². The first-order valence-corrected chi connectivity index (χ1v) is 10.8. The van der Waals surface area contributed by atoms with Crippen LogP contribution in [0, 0.1) is 5.92 Å². The van der Waals surface area contributed by atoms with Crippen molar-refractivity contribution in [2.45, 2.75) is 37.4 Å². The molecule has 7 rings (SSSR count). The highest BCUT2D eigenvalue weighted by Gasteiger charge is 2.53. The third-order valence-corrected chi connectivity index (χ3v) is 7.44. The monoisotopic (exact) mass is 392 g/mol. The normalized spacial score (nSPS) is 32.4. The molecule has 5 aliphatic rings. The number of likely N-dealkylation sites (tertiary alicyclic amines) is 1. The Morgan fingerprint density at radius 1 is 1.00 bits per heavy atom. The predicted molar refractivity (Wildman–Crippen MR) is 111 cm³/mol. The summed E-state index contributed by atoms with van der Waals surface area (Å²) in [6.07, 6.45) is 2.67. The quantitative estimate of drug-likeness (QED) is 0.796. The van der Waals surface area contributed by atoms with Crippen LogP contribution in [0.25, 0.3) is 0 Å². The van der Waals surface area contributed by atoms with Crippen molar-refractivity contribution in [1.82, 2.24) is 9.80 Å². The van der Waals surface area contributed by atoms with Gasteiger partial charge in [0.05, 0.1) is 7.11 Å². The van der Waals surface area contributed by atoms with Crippen LogP contribution in [0.5, 0.6) is 17.2 Å². The molecule has 5 heteroatoms. The molecule has 2 aromatic rings. The predicted octanol–water partition coefficient (Wildman–Crippen LogP) is 3.49. The van der Waals surface area contributed by atoms with Gasteiger partial charge in [0.25, 0.3) is 0 Å². The average molecular weight is 392 g/mol. The summed E-state index contributed by atoms with van der Waals surface area (Å²) in [5, 5.41) is 0. The van der Waals surface area contributed by atoms with E-state index in [1.807, 2.05) is 6.07 Å². The fourth-order valence-corrected chi connectivity index (χ4v) is 6.16. The Balaban J connectivity index is 1.33. The van der Waals surface area contributed by atoms with Gasteiger partial charge >= 0.3 is 0 Å². The van der Waals surface area contributed by atoms with Gasteiger partial charge in [0.15, 0.2) is 11.5 Å². The highest BCUT2D eigenvalue weighted by Crippen LogP contribution is 2.48. The van der Waals surface area contributed by atoms with E-state index in [9.17, 15) is 0 Å². The lowest BCUT2D eigenvalue weighted by atomic mass is 9.75. The molecule has 5 aliphatic heterocycles. The molecule has 5 heterocycles. The van der Waals surface area contributed by atoms with Crippen LogP contribution in [0.3, 0.4) is 0 Å². The number of methoxy groups -OCH3 is 1. The number of nitrogens with zero attached hydrogens (tertiary/aromatic N) is 2. The van der Waals surface area contributed by atoms with Crippen LogP contribution >= 0.6 is 0 Å². The van der Waals surface area contributed by atoms with Crippen LogP contribution in [0.1, 0.15) is 29.9 Å². The van der Waals surface area contributed by atoms with Crippen LogP contribution in [-0.2, 0) is 6.54 Å². The molecular formula is C24H28N2O3. The summed E-state index contributed by atoms with van der Waals surface area (Å²) >= 11 is 0. The molecule has 0 spiro atoms. The number of hydrogen-bond donors (Lipinski definition) is 0. The van der Waals surface area contributed by atoms with Gasteiger partial charge in [-0.3, -0.25) is 9.80 Å². The van der Waals surface area contributed by atoms with Crippen LogP contribution < -0.4 is 14.2 Å². The molecule has 0 saturated carbocycles. The van der Waals surface area contributed by atoms with E-state index >= 15 is 0 Å². The van der Waals surface area contributed by atoms with Gasteiger partial charge in [-0.25, -0.2) is 0 Å². The Kier molecular flexibility index (Phi) is 4.20. The molecule has 5 nitrogen and oxygen atoms in total. The van der Waals surface area contributed by atoms with Crippen LogP contribution in [0.15, 0.2) is 42.5 Å². The summed E-state index contributed by atoms with van der Waals surface area (Å²) in [7, 11) is 1.74. The van der Waals surface area contributed by atoms with E-state index in [1.54, 1.807) is 7.11 Å². The lowest BCUT2D eigenvalue weighted by molar-refractivity contribution is -0.00870. The summed E-state index contributed by atoms with van der Waals surface area (Å²) < 4.78 is 16.7. The maximum atomic E-state index is 5.68. The molecule has 29 heavy (non-hydrogen) atoms. The van der Waals surface area contributed by atoms with E-state index in [2.05, 4.69) is 46.2 Å². The molecule has 4 fully saturated rings. The smallest absolute Gasteiger partial charge is 0.231 e. The molecule has 0 N–H and O–H groups in total. The second-order valence-corrected chi connectivity index (χ2v) is 8.85. The zero-order valence-corrected chi connectivity index (χ0v) is 16.9. The molecule has 152 valence electrons. The third kappa shape index (κ3) is 2.90. The fourth-order valence-electron chi connectivity index (χ4n) is 6.16. The second-order valence-electron chi connectivity index (χ2n) is 8.85. The Bertz CT molecular complexity index is 909. The second kappa shape index (κ2) is 6.92. The summed E-state index contributed by atoms with van der Waals surface area (Å²) in [4.78, 5) is 5.50. The van der Waals surface area contributed by atoms with Crippen molar-refractivity contribution in [2.75, 3.05) is 33.5 Å². The van der Waals surface area contributed by atoms with Crippen molar-refractivity contribution in [1.29, 1.82) is 0 Å². The summed E-state index contributed by atoms with van der Waals surface area (Å²) in [6.45, 7) is 4.92. The number of hydrogen-bond acceptors (Lipinski definition) is 5. The van der Waals surface area contributed by atoms with E-state index in [0.29, 0.717) is 24.8 Å². The Morgan fingerprint density at radius 3 is 2.72 bits per heavy atom. The standard InChI is InChI=1S/C24H28N2O3/c1-27-19-4-2-3-16(11-19)13-26-14-20(18-5-6-21-22(12-18)29-15-28-21)24-23(26)17-7-9-25(24)10-8-17/h2-6,11-12,17,20,23-24H,7-10,13-15H2,1H3/t20-,23+,24+/m1/s1. The molecule has 0 aliphatic carbocycles. The van der Waals surface area contributed by atoms with Crippen molar-refractivity contribution in [3.8, 4) is 17.2 Å². The largest absolute Gasteiger partial charge is 0.497 e. The van der Waals surface area contributed by atoms with Crippen molar-refractivity contribution < 1.29 is 14.2 Å². The van der Waals surface area contributed by atoms with Gasteiger partial charge in [-0.15, -0.1) is 0 Å². The highest BCUT2D eigenvalue weighted by atomic mass is 16.7. The molecule has 0 amide bonds. The van der Waals surface area contributed by atoms with Gasteiger partial charge < -0.3 is 14.2 Å². The molecule has 4 saturated heterocycles. The van der Waals surface area contributed by atoms with E-state index in [4.69, 9.17) is 14.2 Å². The fraction of sp³-hybridized carbons (Fsp3) is 0.500. The molecule has 2 bridgehead atoms. The Hall–Kier alpha value is -2.24. The van der Waals surface area contributed by atoms with Gasteiger partial charge in [-0.05, 0) is 67.2 Å². The lowest BCUT2D eigenvalue weighted by Gasteiger charge is -2.51. The van der Waals surface area contributed by atoms with E-state index in [-0.39, 0.29) is 0 Å². The maximum absolute atomic E-state index is 5.68. The first kappa shape index (κ1) is 17.6. The SMILES string of the molecule is COc1cccc(CN2C[C@H](c3ccc4c(c3)OCO4)[C@H]3[C@@H]2C2CCN3CC2)c1. The maximum Gasteiger partial charge on any atom is 0.231 e. The summed E-state index contributed by atoms with van der Waals surface area (Å²) in [5.74, 6) is 4.06. The molecule has 3 atom stereocenters. The van der Waals surface area contributed by atoms with Gasteiger partial charge in [-0.1, -0.05) is 18.2 Å². The Morgan fingerprint density at radius 2 is 1.86 bits per heavy atom. The molecule has 0 aromatic heterocycles. The summed E-state index contributed by atoms with van der Waals surface area (Å²) in [6, 6.07) is 16.4. The zero-order chi connectivity index (χ0) is 19.4. The number of fused-ring (bicyclic) bond motifs is 3. The lowest BCUT2D eigenvalue weighted by Crippen LogP contribution is -2.59. The van der Waals surface area contributed by atoms with Crippen molar-refractivity contribution in [3.63, 3.8) is 0 Å². The first-order valence-electron chi connectivity index (χ1n) is 10.8. The van der Waals surface area contributed by atoms with Crippen LogP contribution in [0.4, 0.5) is 0 Å². The number of piperidine rings is 3. The van der Waals surface area contributed by atoms with Gasteiger partial charge in [0, 0.05) is 31.1 Å². The average Bonchev–Trinajstić information content (AvgIpc) is 3.40. The number of rotatable bonds is 4. The van der Waals surface area contributed by atoms with E-state index < -0.39 is 0 Å². The van der Waals surface area contributed by atoms with Crippen LogP contribution in [0.2, 0.25) is 0 Å². The molecule has 2 aromatic carbocycles. The highest BCUT2D eigenvalue weighted by molar-refractivity contribution is 5.46. The molecule has 0 unspecified atom stereocenters. The van der Waals surface area contributed by atoms with Gasteiger partial charge in [-0.2, -0.15) is 0 Å². The number of benzene rings is 2. The van der Waals surface area contributed by atoms with Crippen molar-refractivity contribution in [2.24, 2.45) is 5.92 Å². The van der Waals surface area contributed by atoms with E-state index in [0.717, 1.165) is 36.3 Å². The first-order chi connectivity index (χ1) is 14.3. The summed E-state index contributed by atoms with van der Waals surface area (Å²) in [5.41, 5.74) is 2.73. The number of ether oxygens (including phenoxy) is 3. The molecular weight excluding hydrogens is 364 g/mol. The van der Waals surface area contributed by atoms with Crippen molar-refractivity contribution in [3.05, 3.63) is 53.6 Å². The third-order valence-electron chi connectivity index (χ3n) is 7.44. The topological polar surface area (TPSA) is 34.2 Å². The zero-order valence-electron chi connectivity index (χ0n) is 16.9. The molecule has 0 radical (unpaired) electrons. The van der Waals surface area contributed by atoms with Crippen LogP contribution in [-0.4, -0.2) is 55.4 Å².